The fraction of sp³-hybridized carbons (Fsp3) is 0.263. The zero-order valence-electron chi connectivity index (χ0n) is 15.1. The third-order valence-electron chi connectivity index (χ3n) is 4.14. The normalized spacial score (nSPS) is 10.8. The van der Waals surface area contributed by atoms with Gasteiger partial charge in [0, 0.05) is 29.8 Å². The van der Waals surface area contributed by atoms with Gasteiger partial charge in [0.15, 0.2) is 11.4 Å². The molecule has 0 spiro atoms. The molecule has 0 atom stereocenters. The molecule has 134 valence electrons. The number of benzene rings is 1. The summed E-state index contributed by atoms with van der Waals surface area (Å²) >= 11 is 0. The standard InChI is InChI=1S/C19H19N3O4/c1-11-16-8-14(9-20-18(16)22(3)21-11)19(24)26-10-15-7-13(12(2)23)5-6-17(15)25-4/h5-9H,10H2,1-4H3. The summed E-state index contributed by atoms with van der Waals surface area (Å²) in [6.07, 6.45) is 1.47. The number of rotatable bonds is 5. The van der Waals surface area contributed by atoms with E-state index >= 15 is 0 Å². The van der Waals surface area contributed by atoms with Crippen molar-refractivity contribution < 1.29 is 19.1 Å². The first-order valence-electron chi connectivity index (χ1n) is 8.05. The second-order valence-electron chi connectivity index (χ2n) is 5.96. The molecule has 7 nitrogen and oxygen atoms in total. The zero-order valence-corrected chi connectivity index (χ0v) is 15.1. The fourth-order valence-electron chi connectivity index (χ4n) is 2.76. The molecule has 3 aromatic rings. The molecule has 2 aromatic heterocycles. The van der Waals surface area contributed by atoms with Crippen LogP contribution in [0.5, 0.6) is 5.75 Å². The number of ketones is 1. The van der Waals surface area contributed by atoms with Crippen molar-refractivity contribution in [1.82, 2.24) is 14.8 Å². The topological polar surface area (TPSA) is 83.3 Å². The maximum atomic E-state index is 12.4. The van der Waals surface area contributed by atoms with Gasteiger partial charge in [0.1, 0.15) is 12.4 Å². The first-order valence-corrected chi connectivity index (χ1v) is 8.05. The Morgan fingerprint density at radius 2 is 1.96 bits per heavy atom. The van der Waals surface area contributed by atoms with Gasteiger partial charge in [-0.3, -0.25) is 9.48 Å². The molecule has 0 aliphatic rings. The maximum absolute atomic E-state index is 12.4. The number of hydrogen-bond acceptors (Lipinski definition) is 6. The predicted molar refractivity (Wildman–Crippen MR) is 95.4 cm³/mol. The van der Waals surface area contributed by atoms with Gasteiger partial charge in [-0.2, -0.15) is 5.10 Å². The highest BCUT2D eigenvalue weighted by molar-refractivity contribution is 5.95. The Morgan fingerprint density at radius 1 is 1.19 bits per heavy atom. The van der Waals surface area contributed by atoms with Gasteiger partial charge in [-0.15, -0.1) is 0 Å². The van der Waals surface area contributed by atoms with E-state index in [0.29, 0.717) is 28.1 Å². The molecule has 0 bridgehead atoms. The van der Waals surface area contributed by atoms with Crippen molar-refractivity contribution in [3.8, 4) is 5.75 Å². The number of aryl methyl sites for hydroxylation is 2. The average Bonchev–Trinajstić information content (AvgIpc) is 2.92. The number of aromatic nitrogens is 3. The second kappa shape index (κ2) is 6.95. The number of nitrogens with zero attached hydrogens (tertiary/aromatic N) is 3. The molecular weight excluding hydrogens is 334 g/mol. The molecule has 7 heteroatoms. The van der Waals surface area contributed by atoms with Gasteiger partial charge in [-0.1, -0.05) is 0 Å². The minimum Gasteiger partial charge on any atom is -0.496 e. The van der Waals surface area contributed by atoms with Crippen LogP contribution in [-0.2, 0) is 18.4 Å². The van der Waals surface area contributed by atoms with Crippen molar-refractivity contribution in [2.45, 2.75) is 20.5 Å². The largest absolute Gasteiger partial charge is 0.496 e. The Hall–Kier alpha value is -3.22. The van der Waals surface area contributed by atoms with E-state index in [4.69, 9.17) is 9.47 Å². The number of carbonyl (C=O) groups is 2. The van der Waals surface area contributed by atoms with Crippen LogP contribution in [0, 0.1) is 6.92 Å². The summed E-state index contributed by atoms with van der Waals surface area (Å²) in [6, 6.07) is 6.75. The molecule has 0 saturated heterocycles. The van der Waals surface area contributed by atoms with Gasteiger partial charge in [0.2, 0.25) is 0 Å². The van der Waals surface area contributed by atoms with Gasteiger partial charge in [-0.05, 0) is 38.1 Å². The molecule has 2 heterocycles. The molecule has 26 heavy (non-hydrogen) atoms. The molecule has 0 aliphatic carbocycles. The van der Waals surface area contributed by atoms with Crippen molar-refractivity contribution in [3.05, 3.63) is 52.8 Å². The Bertz CT molecular complexity index is 1010. The molecule has 0 N–H and O–H groups in total. The van der Waals surface area contributed by atoms with Gasteiger partial charge in [-0.25, -0.2) is 9.78 Å². The summed E-state index contributed by atoms with van der Waals surface area (Å²) in [5.74, 6) is -0.0145. The SMILES string of the molecule is COc1ccc(C(C)=O)cc1COC(=O)c1cnc2c(c1)c(C)nn2C. The lowest BCUT2D eigenvalue weighted by Crippen LogP contribution is -2.07. The second-order valence-corrected chi connectivity index (χ2v) is 5.96. The lowest BCUT2D eigenvalue weighted by atomic mass is 10.1. The smallest absolute Gasteiger partial charge is 0.340 e. The number of hydrogen-bond donors (Lipinski definition) is 0. The lowest BCUT2D eigenvalue weighted by molar-refractivity contribution is 0.0470. The van der Waals surface area contributed by atoms with Crippen molar-refractivity contribution >= 4 is 22.8 Å². The summed E-state index contributed by atoms with van der Waals surface area (Å²) in [6.45, 7) is 3.33. The third-order valence-corrected chi connectivity index (χ3v) is 4.14. The van der Waals surface area contributed by atoms with Crippen LogP contribution in [0.25, 0.3) is 11.0 Å². The maximum Gasteiger partial charge on any atom is 0.340 e. The summed E-state index contributed by atoms with van der Waals surface area (Å²) in [4.78, 5) is 28.2. The minimum atomic E-state index is -0.502. The molecule has 0 amide bonds. The quantitative estimate of drug-likeness (QED) is 0.518. The van der Waals surface area contributed by atoms with Crippen LogP contribution >= 0.6 is 0 Å². The summed E-state index contributed by atoms with van der Waals surface area (Å²) in [7, 11) is 3.33. The first kappa shape index (κ1) is 17.6. The monoisotopic (exact) mass is 353 g/mol. The van der Waals surface area contributed by atoms with E-state index in [1.807, 2.05) is 6.92 Å². The number of carbonyl (C=O) groups excluding carboxylic acids is 2. The predicted octanol–water partition coefficient (Wildman–Crippen LogP) is 2.84. The summed E-state index contributed by atoms with van der Waals surface area (Å²) < 4.78 is 12.3. The van der Waals surface area contributed by atoms with Crippen LogP contribution in [0.4, 0.5) is 0 Å². The molecule has 3 rings (SSSR count). The van der Waals surface area contributed by atoms with Crippen LogP contribution < -0.4 is 4.74 Å². The van der Waals surface area contributed by atoms with E-state index in [1.54, 1.807) is 36.0 Å². The van der Waals surface area contributed by atoms with E-state index in [0.717, 1.165) is 11.1 Å². The molecule has 0 aliphatic heterocycles. The molecule has 0 saturated carbocycles. The van der Waals surface area contributed by atoms with E-state index in [2.05, 4.69) is 10.1 Å². The zero-order chi connectivity index (χ0) is 18.8. The van der Waals surface area contributed by atoms with E-state index < -0.39 is 5.97 Å². The van der Waals surface area contributed by atoms with Gasteiger partial charge in [0.25, 0.3) is 0 Å². The van der Waals surface area contributed by atoms with E-state index in [9.17, 15) is 9.59 Å². The molecule has 1 aromatic carbocycles. The Morgan fingerprint density at radius 3 is 2.65 bits per heavy atom. The highest BCUT2D eigenvalue weighted by atomic mass is 16.5. The minimum absolute atomic E-state index is 0.00676. The van der Waals surface area contributed by atoms with Crippen molar-refractivity contribution in [2.24, 2.45) is 7.05 Å². The number of ether oxygens (including phenoxy) is 2. The molecule has 0 radical (unpaired) electrons. The van der Waals surface area contributed by atoms with Crippen molar-refractivity contribution in [2.75, 3.05) is 7.11 Å². The van der Waals surface area contributed by atoms with Gasteiger partial charge >= 0.3 is 5.97 Å². The van der Waals surface area contributed by atoms with Crippen LogP contribution in [0.3, 0.4) is 0 Å². The molecule has 0 unspecified atom stereocenters. The number of esters is 1. The van der Waals surface area contributed by atoms with Gasteiger partial charge in [0.05, 0.1) is 18.4 Å². The summed E-state index contributed by atoms with van der Waals surface area (Å²) in [5, 5.41) is 5.09. The Labute approximate surface area is 150 Å². The van der Waals surface area contributed by atoms with Crippen LogP contribution in [0.2, 0.25) is 0 Å². The fourth-order valence-corrected chi connectivity index (χ4v) is 2.76. The van der Waals surface area contributed by atoms with Crippen molar-refractivity contribution in [3.63, 3.8) is 0 Å². The van der Waals surface area contributed by atoms with E-state index in [-0.39, 0.29) is 12.4 Å². The van der Waals surface area contributed by atoms with Crippen LogP contribution in [0.1, 0.15) is 38.9 Å². The highest BCUT2D eigenvalue weighted by Gasteiger charge is 2.15. The Kier molecular flexibility index (Phi) is 4.71. The van der Waals surface area contributed by atoms with E-state index in [1.165, 1.54) is 20.2 Å². The highest BCUT2D eigenvalue weighted by Crippen LogP contribution is 2.22. The number of Topliss-reactive ketones (excluding diaryl/α,β-unsaturated/α-hetero) is 1. The summed E-state index contributed by atoms with van der Waals surface area (Å²) in [5.41, 5.74) is 3.00. The first-order chi connectivity index (χ1) is 12.4. The molecular formula is C19H19N3O4. The van der Waals surface area contributed by atoms with Gasteiger partial charge < -0.3 is 9.47 Å². The van der Waals surface area contributed by atoms with Crippen molar-refractivity contribution in [1.29, 1.82) is 0 Å². The average molecular weight is 353 g/mol. The number of methoxy groups -OCH3 is 1. The molecule has 0 fully saturated rings. The van der Waals surface area contributed by atoms with Crippen LogP contribution in [0.15, 0.2) is 30.5 Å². The Balaban J connectivity index is 1.82. The van der Waals surface area contributed by atoms with Crippen LogP contribution in [-0.4, -0.2) is 33.6 Å². The lowest BCUT2D eigenvalue weighted by Gasteiger charge is -2.10. The number of fused-ring (bicyclic) bond motifs is 1. The number of pyridine rings is 1. The third kappa shape index (κ3) is 3.28.